The number of benzene rings is 1. The lowest BCUT2D eigenvalue weighted by Gasteiger charge is -2.13. The summed E-state index contributed by atoms with van der Waals surface area (Å²) in [5.41, 5.74) is -0.0876. The molecule has 0 saturated heterocycles. The molecule has 0 unspecified atom stereocenters. The van der Waals surface area contributed by atoms with Crippen molar-refractivity contribution in [1.82, 2.24) is 0 Å². The van der Waals surface area contributed by atoms with Crippen LogP contribution in [-0.4, -0.2) is 38.2 Å². The van der Waals surface area contributed by atoms with Gasteiger partial charge in [0.05, 0.1) is 7.11 Å². The molecule has 0 spiro atoms. The SMILES string of the molecule is COCOc1c(B(O)O)ccc(OC)c1F. The van der Waals surface area contributed by atoms with Gasteiger partial charge < -0.3 is 24.3 Å². The van der Waals surface area contributed by atoms with Gasteiger partial charge in [-0.2, -0.15) is 4.39 Å². The second-order valence-electron chi connectivity index (χ2n) is 2.92. The van der Waals surface area contributed by atoms with Crippen molar-refractivity contribution in [3.63, 3.8) is 0 Å². The van der Waals surface area contributed by atoms with Gasteiger partial charge in [-0.1, -0.05) is 6.07 Å². The third kappa shape index (κ3) is 2.63. The minimum Gasteiger partial charge on any atom is -0.494 e. The monoisotopic (exact) mass is 230 g/mol. The van der Waals surface area contributed by atoms with E-state index in [0.717, 1.165) is 0 Å². The molecule has 0 aliphatic rings. The van der Waals surface area contributed by atoms with E-state index in [1.165, 1.54) is 26.4 Å². The maximum Gasteiger partial charge on any atom is 0.492 e. The highest BCUT2D eigenvalue weighted by Gasteiger charge is 2.23. The molecule has 7 heteroatoms. The van der Waals surface area contributed by atoms with Gasteiger partial charge in [-0.3, -0.25) is 0 Å². The predicted octanol–water partition coefficient (Wildman–Crippen LogP) is -0.503. The van der Waals surface area contributed by atoms with Crippen LogP contribution >= 0.6 is 0 Å². The smallest absolute Gasteiger partial charge is 0.492 e. The highest BCUT2D eigenvalue weighted by Crippen LogP contribution is 2.24. The summed E-state index contributed by atoms with van der Waals surface area (Å²) < 4.78 is 28.0. The van der Waals surface area contributed by atoms with E-state index in [-0.39, 0.29) is 23.8 Å². The van der Waals surface area contributed by atoms with E-state index in [9.17, 15) is 4.39 Å². The van der Waals surface area contributed by atoms with Crippen molar-refractivity contribution in [1.29, 1.82) is 0 Å². The topological polar surface area (TPSA) is 68.2 Å². The van der Waals surface area contributed by atoms with Crippen LogP contribution in [0.1, 0.15) is 0 Å². The molecule has 1 aromatic rings. The average molecular weight is 230 g/mol. The van der Waals surface area contributed by atoms with E-state index in [1.54, 1.807) is 0 Å². The van der Waals surface area contributed by atoms with Gasteiger partial charge >= 0.3 is 7.12 Å². The van der Waals surface area contributed by atoms with Crippen LogP contribution in [0.15, 0.2) is 12.1 Å². The summed E-state index contributed by atoms with van der Waals surface area (Å²) in [7, 11) is 0.841. The van der Waals surface area contributed by atoms with Crippen LogP contribution in [0.4, 0.5) is 4.39 Å². The maximum absolute atomic E-state index is 13.7. The quantitative estimate of drug-likeness (QED) is 0.527. The van der Waals surface area contributed by atoms with Gasteiger partial charge in [0.15, 0.2) is 18.3 Å². The molecule has 0 aliphatic carbocycles. The van der Waals surface area contributed by atoms with Crippen molar-refractivity contribution in [3.8, 4) is 11.5 Å². The van der Waals surface area contributed by atoms with Crippen molar-refractivity contribution in [3.05, 3.63) is 17.9 Å². The zero-order chi connectivity index (χ0) is 12.1. The molecule has 88 valence electrons. The standard InChI is InChI=1S/C9H12BFO5/c1-14-5-16-9-6(10(12)13)3-4-7(15-2)8(9)11/h3-4,12-13H,5H2,1-2H3. The highest BCUT2D eigenvalue weighted by atomic mass is 19.1. The Balaban J connectivity index is 3.14. The van der Waals surface area contributed by atoms with E-state index < -0.39 is 12.9 Å². The minimum atomic E-state index is -1.83. The summed E-state index contributed by atoms with van der Waals surface area (Å²) in [4.78, 5) is 0. The Bertz CT molecular complexity index is 358. The lowest BCUT2D eigenvalue weighted by atomic mass is 9.79. The van der Waals surface area contributed by atoms with Gasteiger partial charge in [0.1, 0.15) is 0 Å². The predicted molar refractivity (Wildman–Crippen MR) is 55.3 cm³/mol. The first-order valence-electron chi connectivity index (χ1n) is 4.46. The van der Waals surface area contributed by atoms with Crippen LogP contribution in [0.25, 0.3) is 0 Å². The van der Waals surface area contributed by atoms with Gasteiger partial charge in [-0.15, -0.1) is 0 Å². The molecule has 0 fully saturated rings. The molecule has 1 aromatic carbocycles. The fourth-order valence-electron chi connectivity index (χ4n) is 1.18. The third-order valence-corrected chi connectivity index (χ3v) is 1.91. The number of halogens is 1. The van der Waals surface area contributed by atoms with Crippen molar-refractivity contribution in [2.75, 3.05) is 21.0 Å². The molecular formula is C9H12BFO5. The van der Waals surface area contributed by atoms with Crippen LogP contribution in [0, 0.1) is 5.82 Å². The van der Waals surface area contributed by atoms with Crippen LogP contribution in [0.2, 0.25) is 0 Å². The first-order chi connectivity index (χ1) is 7.61. The largest absolute Gasteiger partial charge is 0.494 e. The van der Waals surface area contributed by atoms with Crippen molar-refractivity contribution in [2.45, 2.75) is 0 Å². The normalized spacial score (nSPS) is 10.1. The number of hydrogen-bond donors (Lipinski definition) is 2. The number of ether oxygens (including phenoxy) is 3. The van der Waals surface area contributed by atoms with E-state index in [2.05, 4.69) is 4.74 Å². The Kier molecular flexibility index (Phi) is 4.54. The number of rotatable bonds is 5. The molecule has 0 amide bonds. The fraction of sp³-hybridized carbons (Fsp3) is 0.333. The molecule has 0 saturated carbocycles. The van der Waals surface area contributed by atoms with Gasteiger partial charge in [0.25, 0.3) is 0 Å². The molecule has 0 aliphatic heterocycles. The van der Waals surface area contributed by atoms with E-state index >= 15 is 0 Å². The molecule has 5 nitrogen and oxygen atoms in total. The van der Waals surface area contributed by atoms with E-state index in [1.807, 2.05) is 0 Å². The summed E-state index contributed by atoms with van der Waals surface area (Å²) >= 11 is 0. The molecule has 1 rings (SSSR count). The van der Waals surface area contributed by atoms with Crippen molar-refractivity contribution < 1.29 is 28.6 Å². The Hall–Kier alpha value is -1.31. The minimum absolute atomic E-state index is 0.0458. The Morgan fingerprint density at radius 2 is 2.00 bits per heavy atom. The summed E-state index contributed by atoms with van der Waals surface area (Å²) in [6.07, 6.45) is 0. The molecule has 0 heterocycles. The second kappa shape index (κ2) is 5.69. The lowest BCUT2D eigenvalue weighted by molar-refractivity contribution is 0.0486. The Morgan fingerprint density at radius 1 is 1.31 bits per heavy atom. The molecule has 0 aromatic heterocycles. The van der Waals surface area contributed by atoms with Gasteiger partial charge in [0.2, 0.25) is 5.82 Å². The average Bonchev–Trinajstić information content (AvgIpc) is 2.26. The molecule has 16 heavy (non-hydrogen) atoms. The number of methoxy groups -OCH3 is 2. The maximum atomic E-state index is 13.7. The molecule has 0 radical (unpaired) electrons. The number of hydrogen-bond acceptors (Lipinski definition) is 5. The van der Waals surface area contributed by atoms with E-state index in [0.29, 0.717) is 0 Å². The lowest BCUT2D eigenvalue weighted by Crippen LogP contribution is -2.32. The zero-order valence-corrected chi connectivity index (χ0v) is 8.94. The summed E-state index contributed by atoms with van der Waals surface area (Å²) in [5, 5.41) is 18.0. The van der Waals surface area contributed by atoms with Crippen molar-refractivity contribution in [2.24, 2.45) is 0 Å². The van der Waals surface area contributed by atoms with Crippen LogP contribution in [-0.2, 0) is 4.74 Å². The van der Waals surface area contributed by atoms with Crippen molar-refractivity contribution >= 4 is 12.6 Å². The van der Waals surface area contributed by atoms with Crippen LogP contribution in [0.3, 0.4) is 0 Å². The van der Waals surface area contributed by atoms with Gasteiger partial charge in [-0.25, -0.2) is 0 Å². The highest BCUT2D eigenvalue weighted by molar-refractivity contribution is 6.59. The first-order valence-corrected chi connectivity index (χ1v) is 4.46. The van der Waals surface area contributed by atoms with Crippen LogP contribution in [0.5, 0.6) is 11.5 Å². The first kappa shape index (κ1) is 12.8. The molecule has 2 N–H and O–H groups in total. The van der Waals surface area contributed by atoms with E-state index in [4.69, 9.17) is 19.5 Å². The molecular weight excluding hydrogens is 218 g/mol. The zero-order valence-electron chi connectivity index (χ0n) is 8.94. The molecule has 0 bridgehead atoms. The Morgan fingerprint density at radius 3 is 2.50 bits per heavy atom. The Labute approximate surface area is 92.5 Å². The van der Waals surface area contributed by atoms with Crippen LogP contribution < -0.4 is 14.9 Å². The summed E-state index contributed by atoms with van der Waals surface area (Å²) in [5.74, 6) is -1.14. The van der Waals surface area contributed by atoms with Gasteiger partial charge in [-0.05, 0) is 6.07 Å². The fourth-order valence-corrected chi connectivity index (χ4v) is 1.18. The summed E-state index contributed by atoms with van der Waals surface area (Å²) in [6, 6.07) is 2.58. The third-order valence-electron chi connectivity index (χ3n) is 1.91. The van der Waals surface area contributed by atoms with Gasteiger partial charge in [0, 0.05) is 12.6 Å². The second-order valence-corrected chi connectivity index (χ2v) is 2.92. The summed E-state index contributed by atoms with van der Waals surface area (Å²) in [6.45, 7) is -0.205. The molecule has 0 atom stereocenters.